The van der Waals surface area contributed by atoms with Crippen molar-refractivity contribution in [2.24, 2.45) is 0 Å². The van der Waals surface area contributed by atoms with Gasteiger partial charge in [0.05, 0.1) is 5.69 Å². The van der Waals surface area contributed by atoms with E-state index >= 15 is 0 Å². The van der Waals surface area contributed by atoms with Crippen molar-refractivity contribution in [3.63, 3.8) is 0 Å². The van der Waals surface area contributed by atoms with Crippen molar-refractivity contribution in [2.45, 2.75) is 13.8 Å². The molecule has 0 fully saturated rings. The van der Waals surface area contributed by atoms with Gasteiger partial charge in [-0.25, -0.2) is 0 Å². The van der Waals surface area contributed by atoms with Crippen molar-refractivity contribution in [3.05, 3.63) is 236 Å². The van der Waals surface area contributed by atoms with Gasteiger partial charge in [-0.05, 0) is 140 Å². The Labute approximate surface area is 368 Å². The summed E-state index contributed by atoms with van der Waals surface area (Å²) in [5, 5.41) is 2.26. The van der Waals surface area contributed by atoms with Gasteiger partial charge in [-0.2, -0.15) is 0 Å². The van der Waals surface area contributed by atoms with Gasteiger partial charge in [0.25, 0.3) is 0 Å². The summed E-state index contributed by atoms with van der Waals surface area (Å²) in [6.45, 7) is 4.32. The number of hydrogen-bond donors (Lipinski definition) is 0. The predicted molar refractivity (Wildman–Crippen MR) is 264 cm³/mol. The first-order valence-electron chi connectivity index (χ1n) is 21.6. The summed E-state index contributed by atoms with van der Waals surface area (Å²) >= 11 is 0. The summed E-state index contributed by atoms with van der Waals surface area (Å²) < 4.78 is 6.22. The van der Waals surface area contributed by atoms with Crippen LogP contribution in [0.25, 0.3) is 111 Å². The summed E-state index contributed by atoms with van der Waals surface area (Å²) in [6.07, 6.45) is 1.90. The van der Waals surface area contributed by atoms with Crippen LogP contribution in [0.15, 0.2) is 229 Å². The molecule has 0 unspecified atom stereocenters. The number of rotatable bonds is 8. The molecule has 0 radical (unpaired) electrons. The van der Waals surface area contributed by atoms with Crippen molar-refractivity contribution in [1.82, 2.24) is 4.98 Å². The van der Waals surface area contributed by atoms with Gasteiger partial charge in [0.2, 0.25) is 0 Å². The normalized spacial score (nSPS) is 11.3. The van der Waals surface area contributed by atoms with Crippen molar-refractivity contribution in [3.8, 4) is 89.1 Å². The van der Waals surface area contributed by atoms with Gasteiger partial charge in [-0.15, -0.1) is 0 Å². The lowest BCUT2D eigenvalue weighted by atomic mass is 9.86. The summed E-state index contributed by atoms with van der Waals surface area (Å²) in [6, 6.07) is 78.9. The van der Waals surface area contributed by atoms with E-state index in [2.05, 4.69) is 220 Å². The molecule has 11 aromatic rings. The molecule has 298 valence electrons. The van der Waals surface area contributed by atoms with Gasteiger partial charge < -0.3 is 4.42 Å². The Morgan fingerprint density at radius 2 is 0.730 bits per heavy atom. The molecule has 2 heterocycles. The maximum absolute atomic E-state index is 6.22. The Kier molecular flexibility index (Phi) is 9.67. The lowest BCUT2D eigenvalue weighted by molar-refractivity contribution is 0.669. The second kappa shape index (κ2) is 16.1. The molecule has 0 saturated carbocycles. The number of hydrogen-bond acceptors (Lipinski definition) is 2. The highest BCUT2D eigenvalue weighted by Crippen LogP contribution is 2.43. The SMILES string of the molecule is Cc1cccc(-c2ccccc2-c2cc(-c3ccccc3-c3ccc(-c4cc(-c5ccc6c(c5)oc5ccccc56)ccn4)cc3)cc(-c3ccccc3-c3cccc(C)c3)c2)c1. The number of aromatic nitrogens is 1. The fourth-order valence-corrected chi connectivity index (χ4v) is 9.17. The van der Waals surface area contributed by atoms with Crippen LogP contribution in [0.1, 0.15) is 11.1 Å². The first kappa shape index (κ1) is 37.9. The molecule has 0 atom stereocenters. The van der Waals surface area contributed by atoms with Crippen molar-refractivity contribution in [2.75, 3.05) is 0 Å². The van der Waals surface area contributed by atoms with Gasteiger partial charge in [0, 0.05) is 22.5 Å². The van der Waals surface area contributed by atoms with Gasteiger partial charge in [-0.1, -0.05) is 181 Å². The summed E-state index contributed by atoms with van der Waals surface area (Å²) in [7, 11) is 0. The van der Waals surface area contributed by atoms with E-state index in [1.807, 2.05) is 18.3 Å². The van der Waals surface area contributed by atoms with Crippen LogP contribution in [0, 0.1) is 13.8 Å². The zero-order valence-corrected chi connectivity index (χ0v) is 35.2. The molecule has 0 aliphatic heterocycles. The largest absolute Gasteiger partial charge is 0.456 e. The van der Waals surface area contributed by atoms with Crippen LogP contribution in [0.5, 0.6) is 0 Å². The van der Waals surface area contributed by atoms with E-state index < -0.39 is 0 Å². The molecule has 0 aliphatic carbocycles. The number of pyridine rings is 1. The average molecular weight is 806 g/mol. The summed E-state index contributed by atoms with van der Waals surface area (Å²) in [5.74, 6) is 0. The second-order valence-electron chi connectivity index (χ2n) is 16.5. The second-order valence-corrected chi connectivity index (χ2v) is 16.5. The molecule has 63 heavy (non-hydrogen) atoms. The third-order valence-corrected chi connectivity index (χ3v) is 12.3. The van der Waals surface area contributed by atoms with E-state index in [4.69, 9.17) is 9.40 Å². The molecule has 0 saturated heterocycles. The molecule has 2 heteroatoms. The van der Waals surface area contributed by atoms with E-state index in [1.165, 1.54) is 66.8 Å². The fourth-order valence-electron chi connectivity index (χ4n) is 9.17. The number of benzene rings is 9. The fraction of sp³-hybridized carbons (Fsp3) is 0.0328. The van der Waals surface area contributed by atoms with Crippen molar-refractivity contribution < 1.29 is 4.42 Å². The van der Waals surface area contributed by atoms with Crippen LogP contribution < -0.4 is 0 Å². The van der Waals surface area contributed by atoms with Crippen LogP contribution in [-0.2, 0) is 0 Å². The third-order valence-electron chi connectivity index (χ3n) is 12.3. The lowest BCUT2D eigenvalue weighted by Gasteiger charge is -2.18. The quantitative estimate of drug-likeness (QED) is 0.153. The number of aryl methyl sites for hydroxylation is 2. The number of para-hydroxylation sites is 1. The van der Waals surface area contributed by atoms with Crippen molar-refractivity contribution >= 4 is 21.9 Å². The van der Waals surface area contributed by atoms with Gasteiger partial charge in [-0.3, -0.25) is 4.98 Å². The van der Waals surface area contributed by atoms with E-state index in [9.17, 15) is 0 Å². The maximum atomic E-state index is 6.22. The van der Waals surface area contributed by atoms with Crippen LogP contribution in [0.3, 0.4) is 0 Å². The van der Waals surface area contributed by atoms with E-state index in [-0.39, 0.29) is 0 Å². The smallest absolute Gasteiger partial charge is 0.136 e. The topological polar surface area (TPSA) is 26.0 Å². The third kappa shape index (κ3) is 7.32. The predicted octanol–water partition coefficient (Wildman–Crippen LogP) is 16.9. The highest BCUT2D eigenvalue weighted by atomic mass is 16.3. The number of fused-ring (bicyclic) bond motifs is 3. The van der Waals surface area contributed by atoms with Crippen LogP contribution in [0.2, 0.25) is 0 Å². The van der Waals surface area contributed by atoms with Gasteiger partial charge >= 0.3 is 0 Å². The zero-order valence-electron chi connectivity index (χ0n) is 35.2. The van der Waals surface area contributed by atoms with Gasteiger partial charge in [0.15, 0.2) is 0 Å². The average Bonchev–Trinajstić information content (AvgIpc) is 3.72. The molecule has 0 amide bonds. The molecule has 0 bridgehead atoms. The minimum Gasteiger partial charge on any atom is -0.456 e. The summed E-state index contributed by atoms with van der Waals surface area (Å²) in [5.41, 5.74) is 22.7. The number of nitrogens with zero attached hydrogens (tertiary/aromatic N) is 1. The van der Waals surface area contributed by atoms with E-state index in [0.717, 1.165) is 55.4 Å². The molecule has 9 aromatic carbocycles. The van der Waals surface area contributed by atoms with E-state index in [0.29, 0.717) is 0 Å². The van der Waals surface area contributed by atoms with Crippen LogP contribution in [0.4, 0.5) is 0 Å². The monoisotopic (exact) mass is 805 g/mol. The Morgan fingerprint density at radius 3 is 1.29 bits per heavy atom. The Morgan fingerprint density at radius 1 is 0.286 bits per heavy atom. The first-order valence-corrected chi connectivity index (χ1v) is 21.6. The van der Waals surface area contributed by atoms with Crippen LogP contribution in [-0.4, -0.2) is 4.98 Å². The van der Waals surface area contributed by atoms with Crippen molar-refractivity contribution in [1.29, 1.82) is 0 Å². The molecule has 0 aliphatic rings. The standard InChI is InChI=1S/C61H43NO/c1-40-13-11-15-46(33-40)52-18-4-7-21-55(52)49-35-48(36-50(37-49)56-22-8-5-19-53(56)47-16-12-14-41(2)34-47)54-20-6-3-17-51(54)42-25-27-43(28-26-42)59-38-45(31-32-62-59)44-29-30-58-57-23-9-10-24-60(57)63-61(58)39-44/h3-39H,1-2H3. The zero-order chi connectivity index (χ0) is 42.3. The van der Waals surface area contributed by atoms with Crippen LogP contribution >= 0.6 is 0 Å². The number of furan rings is 1. The molecule has 0 spiro atoms. The summed E-state index contributed by atoms with van der Waals surface area (Å²) in [4.78, 5) is 4.82. The Hall–Kier alpha value is -8.07. The first-order chi connectivity index (χ1) is 31.0. The molecule has 0 N–H and O–H groups in total. The highest BCUT2D eigenvalue weighted by molar-refractivity contribution is 6.06. The molecule has 2 aromatic heterocycles. The van der Waals surface area contributed by atoms with Gasteiger partial charge in [0.1, 0.15) is 11.2 Å². The highest BCUT2D eigenvalue weighted by Gasteiger charge is 2.17. The molecular formula is C61H43NO. The molecule has 2 nitrogen and oxygen atoms in total. The Bertz CT molecular complexity index is 3370. The lowest BCUT2D eigenvalue weighted by Crippen LogP contribution is -1.92. The minimum atomic E-state index is 0.888. The Balaban J connectivity index is 1.00. The van der Waals surface area contributed by atoms with E-state index in [1.54, 1.807) is 0 Å². The molecule has 11 rings (SSSR count). The maximum Gasteiger partial charge on any atom is 0.136 e. The molecular weight excluding hydrogens is 763 g/mol. The minimum absolute atomic E-state index is 0.888.